The Morgan fingerprint density at radius 3 is 2.41 bits per heavy atom. The summed E-state index contributed by atoms with van der Waals surface area (Å²) in [5, 5.41) is 10.8. The molecule has 0 unspecified atom stereocenters. The van der Waals surface area contributed by atoms with Crippen LogP contribution in [0.5, 0.6) is 23.0 Å². The van der Waals surface area contributed by atoms with E-state index in [2.05, 4.69) is 7.05 Å². The van der Waals surface area contributed by atoms with E-state index < -0.39 is 0 Å². The molecule has 0 spiro atoms. The van der Waals surface area contributed by atoms with Crippen molar-refractivity contribution in [2.45, 2.75) is 6.54 Å². The molecule has 0 amide bonds. The Kier molecular flexibility index (Phi) is 5.42. The van der Waals surface area contributed by atoms with Crippen LogP contribution in [0, 0.1) is 0 Å². The minimum Gasteiger partial charge on any atom is -0.507 e. The van der Waals surface area contributed by atoms with Crippen molar-refractivity contribution in [1.29, 1.82) is 0 Å². The Hall–Kier alpha value is -3.03. The molecule has 0 saturated carbocycles. The molecular formula is C22H26N2O5+2. The number of fused-ring (bicyclic) bond motifs is 1. The molecule has 0 aliphatic carbocycles. The third kappa shape index (κ3) is 4.06. The summed E-state index contributed by atoms with van der Waals surface area (Å²) in [5.41, 5.74) is 0.835. The van der Waals surface area contributed by atoms with Crippen molar-refractivity contribution in [2.24, 2.45) is 0 Å². The van der Waals surface area contributed by atoms with Crippen LogP contribution in [0.3, 0.4) is 0 Å². The highest BCUT2D eigenvalue weighted by Gasteiger charge is 2.24. The van der Waals surface area contributed by atoms with Crippen LogP contribution in [0.4, 0.5) is 0 Å². The maximum absolute atomic E-state index is 13.0. The zero-order chi connectivity index (χ0) is 20.4. The first kappa shape index (κ1) is 19.3. The van der Waals surface area contributed by atoms with Crippen molar-refractivity contribution >= 4 is 11.0 Å². The minimum atomic E-state index is -0.263. The van der Waals surface area contributed by atoms with Crippen LogP contribution in [0.1, 0.15) is 5.56 Å². The quantitative estimate of drug-likeness (QED) is 0.573. The summed E-state index contributed by atoms with van der Waals surface area (Å²) in [5.74, 6) is 1.48. The van der Waals surface area contributed by atoms with E-state index in [1.165, 1.54) is 16.1 Å². The molecule has 0 atom stereocenters. The van der Waals surface area contributed by atoms with E-state index in [0.29, 0.717) is 34.6 Å². The Labute approximate surface area is 168 Å². The van der Waals surface area contributed by atoms with Crippen LogP contribution in [0.25, 0.3) is 11.0 Å². The standard InChI is InChI=1S/C22H24N2O5/c1-23-9-11-24(12-10-23)13-18-19(25)8-7-17-21(26)20(14-28-22(17)18)29-16-5-3-15(27-2)4-6-16/h3-8,14,25H,9-13H2,1-2H3/p+2. The lowest BCUT2D eigenvalue weighted by molar-refractivity contribution is -1.01. The summed E-state index contributed by atoms with van der Waals surface area (Å²) in [6, 6.07) is 10.1. The lowest BCUT2D eigenvalue weighted by Crippen LogP contribution is -3.26. The molecule has 4 rings (SSSR count). The normalized spacial score (nSPS) is 19.2. The number of aromatic hydroxyl groups is 1. The van der Waals surface area contributed by atoms with Gasteiger partial charge < -0.3 is 28.8 Å². The van der Waals surface area contributed by atoms with Gasteiger partial charge >= 0.3 is 0 Å². The average molecular weight is 398 g/mol. The molecule has 29 heavy (non-hydrogen) atoms. The maximum atomic E-state index is 13.0. The highest BCUT2D eigenvalue weighted by atomic mass is 16.5. The molecule has 1 fully saturated rings. The van der Waals surface area contributed by atoms with Crippen molar-refractivity contribution in [1.82, 2.24) is 0 Å². The van der Waals surface area contributed by atoms with Crippen LogP contribution >= 0.6 is 0 Å². The molecule has 2 aromatic carbocycles. The van der Waals surface area contributed by atoms with Gasteiger partial charge in [0.1, 0.15) is 56.2 Å². The van der Waals surface area contributed by atoms with Gasteiger partial charge in [-0.25, -0.2) is 0 Å². The Bertz CT molecular complexity index is 1050. The van der Waals surface area contributed by atoms with Gasteiger partial charge in [0.25, 0.3) is 0 Å². The van der Waals surface area contributed by atoms with Gasteiger partial charge in [-0.3, -0.25) is 4.79 Å². The van der Waals surface area contributed by atoms with Crippen molar-refractivity contribution in [3.05, 3.63) is 58.4 Å². The van der Waals surface area contributed by atoms with Crippen LogP contribution in [0.15, 0.2) is 51.9 Å². The minimum absolute atomic E-state index is 0.106. The van der Waals surface area contributed by atoms with E-state index in [1.54, 1.807) is 43.5 Å². The van der Waals surface area contributed by atoms with Gasteiger partial charge in [0.2, 0.25) is 11.2 Å². The second kappa shape index (κ2) is 8.14. The van der Waals surface area contributed by atoms with Crippen molar-refractivity contribution < 1.29 is 28.8 Å². The smallest absolute Gasteiger partial charge is 0.235 e. The fourth-order valence-electron chi connectivity index (χ4n) is 3.70. The number of piperazine rings is 1. The number of likely N-dealkylation sites (N-methyl/N-ethyl adjacent to an activating group) is 1. The number of nitrogens with one attached hydrogen (secondary N) is 2. The Morgan fingerprint density at radius 2 is 1.72 bits per heavy atom. The van der Waals surface area contributed by atoms with E-state index in [1.807, 2.05) is 0 Å². The maximum Gasteiger partial charge on any atom is 0.235 e. The van der Waals surface area contributed by atoms with Gasteiger partial charge in [-0.2, -0.15) is 0 Å². The molecule has 7 nitrogen and oxygen atoms in total. The molecule has 152 valence electrons. The van der Waals surface area contributed by atoms with E-state index in [4.69, 9.17) is 13.9 Å². The average Bonchev–Trinajstić information content (AvgIpc) is 2.74. The summed E-state index contributed by atoms with van der Waals surface area (Å²) >= 11 is 0. The van der Waals surface area contributed by atoms with Gasteiger partial charge in [-0.05, 0) is 36.4 Å². The number of phenolic OH excluding ortho intramolecular Hbond substituents is 1. The summed E-state index contributed by atoms with van der Waals surface area (Å²) in [4.78, 5) is 15.8. The van der Waals surface area contributed by atoms with Crippen molar-refractivity contribution in [2.75, 3.05) is 40.3 Å². The number of quaternary nitrogens is 2. The topological polar surface area (TPSA) is 77.8 Å². The lowest BCUT2D eigenvalue weighted by atomic mass is 10.1. The molecular weight excluding hydrogens is 372 g/mol. The third-order valence-corrected chi connectivity index (χ3v) is 5.51. The molecule has 0 radical (unpaired) electrons. The van der Waals surface area contributed by atoms with Gasteiger partial charge in [-0.1, -0.05) is 0 Å². The van der Waals surface area contributed by atoms with Crippen LogP contribution in [-0.2, 0) is 6.54 Å². The lowest BCUT2D eigenvalue weighted by Gasteiger charge is -2.27. The second-order valence-electron chi connectivity index (χ2n) is 7.53. The molecule has 3 N–H and O–H groups in total. The highest BCUT2D eigenvalue weighted by molar-refractivity contribution is 5.82. The van der Waals surface area contributed by atoms with E-state index in [9.17, 15) is 9.90 Å². The monoisotopic (exact) mass is 398 g/mol. The van der Waals surface area contributed by atoms with E-state index in [0.717, 1.165) is 26.2 Å². The van der Waals surface area contributed by atoms with E-state index in [-0.39, 0.29) is 16.9 Å². The predicted octanol–water partition coefficient (Wildman–Crippen LogP) is 0.213. The predicted molar refractivity (Wildman–Crippen MR) is 108 cm³/mol. The number of benzene rings is 2. The van der Waals surface area contributed by atoms with Crippen LogP contribution in [0.2, 0.25) is 0 Å². The zero-order valence-electron chi connectivity index (χ0n) is 16.7. The van der Waals surface area contributed by atoms with E-state index >= 15 is 0 Å². The molecule has 1 aliphatic heterocycles. The number of phenols is 1. The van der Waals surface area contributed by atoms with Gasteiger partial charge in [-0.15, -0.1) is 0 Å². The molecule has 0 bridgehead atoms. The highest BCUT2D eigenvalue weighted by Crippen LogP contribution is 2.28. The Morgan fingerprint density at radius 1 is 1.03 bits per heavy atom. The summed E-state index contributed by atoms with van der Waals surface area (Å²) in [7, 11) is 3.78. The van der Waals surface area contributed by atoms with Crippen molar-refractivity contribution in [3.63, 3.8) is 0 Å². The first-order valence-corrected chi connectivity index (χ1v) is 9.78. The molecule has 1 saturated heterocycles. The number of methoxy groups -OCH3 is 1. The number of rotatable bonds is 5. The Balaban J connectivity index is 1.64. The third-order valence-electron chi connectivity index (χ3n) is 5.51. The fourth-order valence-corrected chi connectivity index (χ4v) is 3.70. The van der Waals surface area contributed by atoms with Crippen molar-refractivity contribution in [3.8, 4) is 23.0 Å². The summed E-state index contributed by atoms with van der Waals surface area (Å²) < 4.78 is 16.6. The molecule has 3 aromatic rings. The zero-order valence-corrected chi connectivity index (χ0v) is 16.7. The number of ether oxygens (including phenoxy) is 2. The van der Waals surface area contributed by atoms with Gasteiger partial charge in [0.05, 0.1) is 25.1 Å². The second-order valence-corrected chi connectivity index (χ2v) is 7.53. The van der Waals surface area contributed by atoms with Gasteiger partial charge in [0.15, 0.2) is 5.58 Å². The number of hydrogen-bond acceptors (Lipinski definition) is 5. The first-order valence-electron chi connectivity index (χ1n) is 9.78. The molecule has 7 heteroatoms. The van der Waals surface area contributed by atoms with Gasteiger partial charge in [0, 0.05) is 0 Å². The first-order chi connectivity index (χ1) is 14.0. The summed E-state index contributed by atoms with van der Waals surface area (Å²) in [6.45, 7) is 4.84. The molecule has 2 heterocycles. The fraction of sp³-hybridized carbons (Fsp3) is 0.318. The van der Waals surface area contributed by atoms with Crippen LogP contribution < -0.4 is 24.7 Å². The SMILES string of the molecule is COc1ccc(Oc2coc3c(C[NH+]4CC[NH+](C)CC4)c(O)ccc3c2=O)cc1. The molecule has 1 aliphatic rings. The van der Waals surface area contributed by atoms with Crippen LogP contribution in [-0.4, -0.2) is 45.4 Å². The number of hydrogen-bond donors (Lipinski definition) is 3. The summed E-state index contributed by atoms with van der Waals surface area (Å²) in [6.07, 6.45) is 1.32. The molecule has 1 aromatic heterocycles. The largest absolute Gasteiger partial charge is 0.507 e.